The first-order chi connectivity index (χ1) is 14.5. The second-order valence-corrected chi connectivity index (χ2v) is 9.35. The summed E-state index contributed by atoms with van der Waals surface area (Å²) >= 11 is 12.0. The van der Waals surface area contributed by atoms with Gasteiger partial charge in [0.05, 0.1) is 6.61 Å². The van der Waals surface area contributed by atoms with E-state index in [2.05, 4.69) is 5.32 Å². The predicted molar refractivity (Wildman–Crippen MR) is 126 cm³/mol. The number of rotatable bonds is 9. The van der Waals surface area contributed by atoms with Gasteiger partial charge in [0.2, 0.25) is 11.8 Å². The van der Waals surface area contributed by atoms with Crippen molar-refractivity contribution in [2.24, 2.45) is 0 Å². The number of ether oxygens (including phenoxy) is 1. The first-order valence-electron chi connectivity index (χ1n) is 10.3. The van der Waals surface area contributed by atoms with Crippen LogP contribution in [0.2, 0.25) is 10.0 Å². The van der Waals surface area contributed by atoms with Gasteiger partial charge in [0.25, 0.3) is 0 Å². The van der Waals surface area contributed by atoms with Crippen LogP contribution in [0.1, 0.15) is 46.1 Å². The summed E-state index contributed by atoms with van der Waals surface area (Å²) in [5, 5.41) is 4.18. The molecule has 2 amide bonds. The predicted octanol–water partition coefficient (Wildman–Crippen LogP) is 5.48. The molecule has 0 radical (unpaired) electrons. The van der Waals surface area contributed by atoms with Crippen molar-refractivity contribution in [3.63, 3.8) is 0 Å². The Bertz CT molecular complexity index is 879. The molecule has 0 aliphatic heterocycles. The summed E-state index contributed by atoms with van der Waals surface area (Å²) in [7, 11) is 0. The van der Waals surface area contributed by atoms with Crippen LogP contribution in [0.4, 0.5) is 0 Å². The molecule has 0 unspecified atom stereocenters. The number of benzene rings is 2. The number of carbonyl (C=O) groups is 2. The van der Waals surface area contributed by atoms with Gasteiger partial charge in [-0.25, -0.2) is 0 Å². The molecule has 7 heteroatoms. The van der Waals surface area contributed by atoms with E-state index < -0.39 is 6.04 Å². The molecule has 0 saturated carbocycles. The molecule has 0 aliphatic rings. The zero-order valence-corrected chi connectivity index (χ0v) is 20.0. The number of nitrogens with one attached hydrogen (secondary N) is 1. The first-order valence-corrected chi connectivity index (χ1v) is 11.0. The van der Waals surface area contributed by atoms with E-state index in [1.165, 1.54) is 0 Å². The van der Waals surface area contributed by atoms with Gasteiger partial charge >= 0.3 is 0 Å². The van der Waals surface area contributed by atoms with Crippen LogP contribution >= 0.6 is 23.2 Å². The van der Waals surface area contributed by atoms with Crippen molar-refractivity contribution in [3.8, 4) is 5.75 Å². The highest BCUT2D eigenvalue weighted by Gasteiger charge is 2.28. The van der Waals surface area contributed by atoms with Crippen LogP contribution in [0.15, 0.2) is 48.5 Å². The summed E-state index contributed by atoms with van der Waals surface area (Å²) in [4.78, 5) is 27.4. The molecule has 2 aromatic rings. The van der Waals surface area contributed by atoms with Crippen molar-refractivity contribution in [1.29, 1.82) is 0 Å². The minimum Gasteiger partial charge on any atom is -0.494 e. The van der Waals surface area contributed by atoms with Crippen molar-refractivity contribution in [2.45, 2.75) is 58.7 Å². The molecular weight excluding hydrogens is 435 g/mol. The molecule has 2 rings (SSSR count). The van der Waals surface area contributed by atoms with Gasteiger partial charge in [0, 0.05) is 28.5 Å². The fourth-order valence-corrected chi connectivity index (χ4v) is 3.32. The second-order valence-electron chi connectivity index (χ2n) is 8.47. The Balaban J connectivity index is 2.02. The van der Waals surface area contributed by atoms with Crippen LogP contribution < -0.4 is 10.1 Å². The Morgan fingerprint density at radius 3 is 2.35 bits per heavy atom. The highest BCUT2D eigenvalue weighted by molar-refractivity contribution is 6.30. The van der Waals surface area contributed by atoms with Crippen molar-refractivity contribution in [2.75, 3.05) is 6.61 Å². The maximum Gasteiger partial charge on any atom is 0.242 e. The summed E-state index contributed by atoms with van der Waals surface area (Å²) in [5.41, 5.74) is 0.483. The zero-order chi connectivity index (χ0) is 23.0. The molecule has 0 fully saturated rings. The van der Waals surface area contributed by atoms with E-state index in [0.717, 1.165) is 5.56 Å². The van der Waals surface area contributed by atoms with E-state index in [1.54, 1.807) is 48.2 Å². The van der Waals surface area contributed by atoms with Crippen molar-refractivity contribution in [1.82, 2.24) is 10.2 Å². The molecule has 0 saturated heterocycles. The lowest BCUT2D eigenvalue weighted by atomic mass is 10.1. The molecule has 0 aliphatic carbocycles. The van der Waals surface area contributed by atoms with E-state index in [9.17, 15) is 9.59 Å². The monoisotopic (exact) mass is 464 g/mol. The quantitative estimate of drug-likeness (QED) is 0.499. The lowest BCUT2D eigenvalue weighted by Crippen LogP contribution is -2.52. The SMILES string of the molecule is C[C@H](C(=O)NC(C)(C)C)N(Cc1cccc(Cl)c1)C(=O)CCCOc1ccc(Cl)cc1. The first kappa shape index (κ1) is 25.0. The topological polar surface area (TPSA) is 58.6 Å². The molecule has 0 spiro atoms. The number of amides is 2. The van der Waals surface area contributed by atoms with Gasteiger partial charge in [0.15, 0.2) is 0 Å². The maximum atomic E-state index is 13.0. The summed E-state index contributed by atoms with van der Waals surface area (Å²) in [5.74, 6) is 0.391. The molecule has 31 heavy (non-hydrogen) atoms. The summed E-state index contributed by atoms with van der Waals surface area (Å²) in [6.45, 7) is 8.17. The largest absolute Gasteiger partial charge is 0.494 e. The van der Waals surface area contributed by atoms with Gasteiger partial charge in [-0.1, -0.05) is 35.3 Å². The Hall–Kier alpha value is -2.24. The van der Waals surface area contributed by atoms with Gasteiger partial charge in [-0.15, -0.1) is 0 Å². The van der Waals surface area contributed by atoms with Crippen LogP contribution in [0.25, 0.3) is 0 Å². The molecular formula is C24H30Cl2N2O3. The Morgan fingerprint density at radius 2 is 1.74 bits per heavy atom. The molecule has 168 valence electrons. The number of hydrogen-bond donors (Lipinski definition) is 1. The van der Waals surface area contributed by atoms with Crippen LogP contribution in [-0.2, 0) is 16.1 Å². The van der Waals surface area contributed by atoms with Crippen molar-refractivity contribution in [3.05, 3.63) is 64.1 Å². The van der Waals surface area contributed by atoms with Gasteiger partial charge in [-0.2, -0.15) is 0 Å². The molecule has 0 heterocycles. The molecule has 0 aromatic heterocycles. The van der Waals surface area contributed by atoms with Gasteiger partial charge in [0.1, 0.15) is 11.8 Å². The van der Waals surface area contributed by atoms with E-state index in [4.69, 9.17) is 27.9 Å². The highest BCUT2D eigenvalue weighted by Crippen LogP contribution is 2.18. The second kappa shape index (κ2) is 11.4. The van der Waals surface area contributed by atoms with E-state index in [1.807, 2.05) is 32.9 Å². The van der Waals surface area contributed by atoms with Crippen molar-refractivity contribution >= 4 is 35.0 Å². The smallest absolute Gasteiger partial charge is 0.242 e. The average Bonchev–Trinajstić information content (AvgIpc) is 2.69. The van der Waals surface area contributed by atoms with Crippen LogP contribution in [0.5, 0.6) is 5.75 Å². The van der Waals surface area contributed by atoms with Crippen LogP contribution in [-0.4, -0.2) is 34.9 Å². The lowest BCUT2D eigenvalue weighted by molar-refractivity contribution is -0.141. The Morgan fingerprint density at radius 1 is 1.06 bits per heavy atom. The molecule has 2 aromatic carbocycles. The average molecular weight is 465 g/mol. The summed E-state index contributed by atoms with van der Waals surface area (Å²) < 4.78 is 5.67. The third-order valence-corrected chi connectivity index (χ3v) is 5.01. The summed E-state index contributed by atoms with van der Waals surface area (Å²) in [6.07, 6.45) is 0.794. The standard InChI is InChI=1S/C24H30Cl2N2O3/c1-17(23(30)27-24(2,3)4)28(16-18-7-5-8-20(26)15-18)22(29)9-6-14-31-21-12-10-19(25)11-13-21/h5,7-8,10-13,15,17H,6,9,14,16H2,1-4H3,(H,27,30)/t17-/m1/s1. The third-order valence-electron chi connectivity index (χ3n) is 4.52. The van der Waals surface area contributed by atoms with Crippen LogP contribution in [0.3, 0.4) is 0 Å². The van der Waals surface area contributed by atoms with Gasteiger partial charge in [-0.3, -0.25) is 9.59 Å². The minimum absolute atomic E-state index is 0.115. The Kier molecular flexibility index (Phi) is 9.20. The van der Waals surface area contributed by atoms with Gasteiger partial charge < -0.3 is 15.0 Å². The van der Waals surface area contributed by atoms with E-state index >= 15 is 0 Å². The molecule has 5 nitrogen and oxygen atoms in total. The normalized spacial score (nSPS) is 12.2. The number of halogens is 2. The fourth-order valence-electron chi connectivity index (χ4n) is 2.98. The number of nitrogens with zero attached hydrogens (tertiary/aromatic N) is 1. The van der Waals surface area contributed by atoms with E-state index in [-0.39, 0.29) is 23.8 Å². The molecule has 1 N–H and O–H groups in total. The van der Waals surface area contributed by atoms with Gasteiger partial charge in [-0.05, 0) is 76.1 Å². The number of hydrogen-bond acceptors (Lipinski definition) is 3. The van der Waals surface area contributed by atoms with Crippen LogP contribution in [0, 0.1) is 0 Å². The zero-order valence-electron chi connectivity index (χ0n) is 18.5. The maximum absolute atomic E-state index is 13.0. The minimum atomic E-state index is -0.622. The lowest BCUT2D eigenvalue weighted by Gasteiger charge is -2.31. The fraction of sp³-hybridized carbons (Fsp3) is 0.417. The molecule has 0 bridgehead atoms. The summed E-state index contributed by atoms with van der Waals surface area (Å²) in [6, 6.07) is 13.8. The van der Waals surface area contributed by atoms with Crippen molar-refractivity contribution < 1.29 is 14.3 Å². The van der Waals surface area contributed by atoms with E-state index in [0.29, 0.717) is 35.4 Å². The highest BCUT2D eigenvalue weighted by atomic mass is 35.5. The number of carbonyl (C=O) groups excluding carboxylic acids is 2. The Labute approximate surface area is 194 Å². The third kappa shape index (κ3) is 8.80. The molecule has 1 atom stereocenters.